The van der Waals surface area contributed by atoms with E-state index in [0.29, 0.717) is 0 Å². The molecule has 0 unspecified atom stereocenters. The van der Waals surface area contributed by atoms with Gasteiger partial charge < -0.3 is 5.32 Å². The number of hydrogen-bond acceptors (Lipinski definition) is 3. The molecule has 0 spiro atoms. The number of nitrogens with one attached hydrogen (secondary N) is 1. The second kappa shape index (κ2) is 4.55. The highest BCUT2D eigenvalue weighted by Crippen LogP contribution is 2.22. The Kier molecular flexibility index (Phi) is 2.76. The Morgan fingerprint density at radius 2 is 2.00 bits per heavy atom. The Balaban J connectivity index is 1.90. The summed E-state index contributed by atoms with van der Waals surface area (Å²) in [6, 6.07) is 14.4. The molecule has 17 heavy (non-hydrogen) atoms. The second-order valence-corrected chi connectivity index (χ2v) is 4.84. The lowest BCUT2D eigenvalue weighted by molar-refractivity contribution is 1.19. The third-order valence-corrected chi connectivity index (χ3v) is 3.56. The lowest BCUT2D eigenvalue weighted by Crippen LogP contribution is -1.98. The van der Waals surface area contributed by atoms with E-state index in [0.717, 1.165) is 17.7 Å². The van der Waals surface area contributed by atoms with Gasteiger partial charge in [-0.2, -0.15) is 0 Å². The minimum atomic E-state index is 0.867. The van der Waals surface area contributed by atoms with Gasteiger partial charge in [0.25, 0.3) is 0 Å². The van der Waals surface area contributed by atoms with E-state index >= 15 is 0 Å². The fourth-order valence-electron chi connectivity index (χ4n) is 1.85. The number of fused-ring (bicyclic) bond motifs is 1. The average Bonchev–Trinajstić information content (AvgIpc) is 2.89. The number of thiophene rings is 1. The normalized spacial score (nSPS) is 10.6. The van der Waals surface area contributed by atoms with Crippen LogP contribution in [0.4, 0.5) is 5.69 Å². The highest BCUT2D eigenvalue weighted by Gasteiger charge is 2.00. The van der Waals surface area contributed by atoms with Gasteiger partial charge in [-0.15, -0.1) is 11.3 Å². The molecule has 2 nitrogen and oxygen atoms in total. The average molecular weight is 240 g/mol. The van der Waals surface area contributed by atoms with Gasteiger partial charge >= 0.3 is 0 Å². The molecule has 0 aliphatic rings. The number of benzene rings is 1. The zero-order valence-corrected chi connectivity index (χ0v) is 10.1. The van der Waals surface area contributed by atoms with Gasteiger partial charge in [-0.05, 0) is 23.6 Å². The maximum absolute atomic E-state index is 4.35. The Morgan fingerprint density at radius 1 is 1.06 bits per heavy atom. The number of pyridine rings is 1. The second-order valence-electron chi connectivity index (χ2n) is 3.81. The van der Waals surface area contributed by atoms with Crippen molar-refractivity contribution in [1.82, 2.24) is 4.98 Å². The quantitative estimate of drug-likeness (QED) is 0.750. The van der Waals surface area contributed by atoms with Crippen LogP contribution < -0.4 is 5.32 Å². The monoisotopic (exact) mass is 240 g/mol. The van der Waals surface area contributed by atoms with Crippen LogP contribution in [0.25, 0.3) is 10.9 Å². The lowest BCUT2D eigenvalue weighted by atomic mass is 10.2. The van der Waals surface area contributed by atoms with Crippen molar-refractivity contribution in [1.29, 1.82) is 0 Å². The molecule has 0 saturated carbocycles. The summed E-state index contributed by atoms with van der Waals surface area (Å²) in [5.74, 6) is 0. The van der Waals surface area contributed by atoms with Gasteiger partial charge in [0.2, 0.25) is 0 Å². The van der Waals surface area contributed by atoms with Crippen LogP contribution in [0.15, 0.2) is 54.0 Å². The van der Waals surface area contributed by atoms with E-state index in [2.05, 4.69) is 33.9 Å². The van der Waals surface area contributed by atoms with E-state index in [1.807, 2.05) is 30.5 Å². The standard InChI is InChI=1S/C14H12N2S/c1-2-6-13-12(5-1)14(7-8-15-13)16-10-11-4-3-9-17-11/h1-9H,10H2,(H,15,16). The molecule has 1 aromatic carbocycles. The van der Waals surface area contributed by atoms with E-state index in [-0.39, 0.29) is 0 Å². The topological polar surface area (TPSA) is 24.9 Å². The van der Waals surface area contributed by atoms with Crippen molar-refractivity contribution in [2.45, 2.75) is 6.54 Å². The van der Waals surface area contributed by atoms with Crippen LogP contribution in [0.2, 0.25) is 0 Å². The van der Waals surface area contributed by atoms with Crippen LogP contribution in [-0.2, 0) is 6.54 Å². The largest absolute Gasteiger partial charge is 0.380 e. The zero-order chi connectivity index (χ0) is 11.5. The van der Waals surface area contributed by atoms with Crippen molar-refractivity contribution in [3.63, 3.8) is 0 Å². The molecule has 0 aliphatic heterocycles. The van der Waals surface area contributed by atoms with Crippen LogP contribution in [0, 0.1) is 0 Å². The molecule has 1 N–H and O–H groups in total. The summed E-state index contributed by atoms with van der Waals surface area (Å²) in [7, 11) is 0. The minimum absolute atomic E-state index is 0.867. The van der Waals surface area contributed by atoms with Crippen molar-refractivity contribution < 1.29 is 0 Å². The minimum Gasteiger partial charge on any atom is -0.380 e. The van der Waals surface area contributed by atoms with E-state index in [4.69, 9.17) is 0 Å². The lowest BCUT2D eigenvalue weighted by Gasteiger charge is -2.07. The molecular formula is C14H12N2S. The first-order valence-corrected chi connectivity index (χ1v) is 6.41. The molecule has 3 heteroatoms. The summed E-state index contributed by atoms with van der Waals surface area (Å²) in [6.07, 6.45) is 1.85. The van der Waals surface area contributed by atoms with Crippen LogP contribution >= 0.6 is 11.3 Å². The SMILES string of the molecule is c1csc(CNc2ccnc3ccccc23)c1. The number of nitrogens with zero attached hydrogens (tertiary/aromatic N) is 1. The fourth-order valence-corrected chi connectivity index (χ4v) is 2.49. The first kappa shape index (κ1) is 10.3. The van der Waals surface area contributed by atoms with E-state index in [1.165, 1.54) is 10.3 Å². The highest BCUT2D eigenvalue weighted by atomic mass is 32.1. The number of para-hydroxylation sites is 1. The molecule has 0 saturated heterocycles. The first-order chi connectivity index (χ1) is 8.43. The molecular weight excluding hydrogens is 228 g/mol. The van der Waals surface area contributed by atoms with Crippen LogP contribution in [0.3, 0.4) is 0 Å². The molecule has 0 bridgehead atoms. The van der Waals surface area contributed by atoms with Crippen molar-refractivity contribution >= 4 is 27.9 Å². The molecule has 0 fully saturated rings. The Bertz CT molecular complexity index is 612. The molecule has 0 amide bonds. The molecule has 0 radical (unpaired) electrons. The Morgan fingerprint density at radius 3 is 2.88 bits per heavy atom. The molecule has 3 aromatic rings. The summed E-state index contributed by atoms with van der Waals surface area (Å²) in [4.78, 5) is 5.69. The predicted octanol–water partition coefficient (Wildman–Crippen LogP) is 3.91. The van der Waals surface area contributed by atoms with Crippen molar-refractivity contribution in [2.75, 3.05) is 5.32 Å². The third kappa shape index (κ3) is 2.15. The van der Waals surface area contributed by atoms with Crippen molar-refractivity contribution in [3.8, 4) is 0 Å². The van der Waals surface area contributed by atoms with Crippen LogP contribution in [-0.4, -0.2) is 4.98 Å². The summed E-state index contributed by atoms with van der Waals surface area (Å²) in [5, 5.41) is 6.73. The van der Waals surface area contributed by atoms with Gasteiger partial charge in [0.1, 0.15) is 0 Å². The van der Waals surface area contributed by atoms with Gasteiger partial charge in [0.05, 0.1) is 5.52 Å². The summed E-state index contributed by atoms with van der Waals surface area (Å²) >= 11 is 1.77. The molecule has 2 aromatic heterocycles. The molecule has 2 heterocycles. The number of rotatable bonds is 3. The smallest absolute Gasteiger partial charge is 0.0722 e. The summed E-state index contributed by atoms with van der Waals surface area (Å²) in [6.45, 7) is 0.867. The third-order valence-electron chi connectivity index (χ3n) is 2.68. The zero-order valence-electron chi connectivity index (χ0n) is 9.26. The number of anilines is 1. The van der Waals surface area contributed by atoms with Crippen molar-refractivity contribution in [3.05, 3.63) is 58.9 Å². The van der Waals surface area contributed by atoms with Gasteiger partial charge in [-0.1, -0.05) is 24.3 Å². The van der Waals surface area contributed by atoms with E-state index in [9.17, 15) is 0 Å². The van der Waals surface area contributed by atoms with Crippen LogP contribution in [0.1, 0.15) is 4.88 Å². The van der Waals surface area contributed by atoms with Gasteiger partial charge in [-0.25, -0.2) is 0 Å². The molecule has 84 valence electrons. The van der Waals surface area contributed by atoms with Gasteiger partial charge in [0, 0.05) is 28.7 Å². The Hall–Kier alpha value is -1.87. The maximum Gasteiger partial charge on any atom is 0.0722 e. The van der Waals surface area contributed by atoms with Gasteiger partial charge in [0.15, 0.2) is 0 Å². The predicted molar refractivity (Wildman–Crippen MR) is 73.4 cm³/mol. The van der Waals surface area contributed by atoms with Crippen molar-refractivity contribution in [2.24, 2.45) is 0 Å². The Labute approximate surface area is 104 Å². The number of hydrogen-bond donors (Lipinski definition) is 1. The van der Waals surface area contributed by atoms with E-state index < -0.39 is 0 Å². The summed E-state index contributed by atoms with van der Waals surface area (Å²) < 4.78 is 0. The highest BCUT2D eigenvalue weighted by molar-refractivity contribution is 7.09. The van der Waals surface area contributed by atoms with Crippen LogP contribution in [0.5, 0.6) is 0 Å². The summed E-state index contributed by atoms with van der Waals surface area (Å²) in [5.41, 5.74) is 2.17. The fraction of sp³-hybridized carbons (Fsp3) is 0.0714. The maximum atomic E-state index is 4.35. The van der Waals surface area contributed by atoms with E-state index in [1.54, 1.807) is 11.3 Å². The van der Waals surface area contributed by atoms with Gasteiger partial charge in [-0.3, -0.25) is 4.98 Å². The molecule has 3 rings (SSSR count). The molecule has 0 aliphatic carbocycles. The first-order valence-electron chi connectivity index (χ1n) is 5.53. The number of aromatic nitrogens is 1. The molecule has 0 atom stereocenters.